The molecule has 1 N–H and O–H groups in total. The zero-order valence-electron chi connectivity index (χ0n) is 5.63. The molecule has 0 atom stereocenters. The number of alkyl halides is 1. The maximum absolute atomic E-state index is 10.5. The van der Waals surface area contributed by atoms with Gasteiger partial charge < -0.3 is 4.74 Å². The second-order valence-corrected chi connectivity index (χ2v) is 1.95. The highest BCUT2D eigenvalue weighted by atomic mass is 79.9. The van der Waals surface area contributed by atoms with Crippen molar-refractivity contribution in [2.24, 2.45) is 5.10 Å². The molecule has 0 unspecified atom stereocenters. The molecule has 0 aromatic heterocycles. The lowest BCUT2D eigenvalue weighted by Crippen LogP contribution is -2.18. The summed E-state index contributed by atoms with van der Waals surface area (Å²) in [5.41, 5.74) is 2.16. The summed E-state index contributed by atoms with van der Waals surface area (Å²) in [6, 6.07) is 0. The second-order valence-electron chi connectivity index (χ2n) is 1.30. The lowest BCUT2D eigenvalue weighted by atomic mass is 10.9. The third kappa shape index (κ3) is 5.55. The van der Waals surface area contributed by atoms with E-state index in [0.717, 1.165) is 0 Å². The summed E-state index contributed by atoms with van der Waals surface area (Å²) >= 11 is 3.10. The van der Waals surface area contributed by atoms with Gasteiger partial charge in [-0.05, 0) is 6.92 Å². The molecular weight excluding hydrogens is 200 g/mol. The fourth-order valence-electron chi connectivity index (χ4n) is 0.296. The van der Waals surface area contributed by atoms with E-state index in [4.69, 9.17) is 0 Å². The first-order valence-electron chi connectivity index (χ1n) is 2.81. The maximum Gasteiger partial charge on any atom is 0.427 e. The van der Waals surface area contributed by atoms with Crippen LogP contribution in [0.25, 0.3) is 0 Å². The Hall–Kier alpha value is -0.580. The van der Waals surface area contributed by atoms with Crippen molar-refractivity contribution in [2.75, 3.05) is 11.9 Å². The number of hydrogen-bond donors (Lipinski definition) is 1. The average molecular weight is 209 g/mol. The van der Waals surface area contributed by atoms with Crippen LogP contribution in [0.1, 0.15) is 6.92 Å². The molecule has 0 rings (SSSR count). The van der Waals surface area contributed by atoms with Crippen LogP contribution in [0, 0.1) is 0 Å². The highest BCUT2D eigenvalue weighted by Crippen LogP contribution is 1.76. The molecule has 0 aromatic carbocycles. The van der Waals surface area contributed by atoms with Crippen LogP contribution in [-0.2, 0) is 4.74 Å². The molecule has 0 fully saturated rings. The van der Waals surface area contributed by atoms with Crippen LogP contribution in [0.2, 0.25) is 0 Å². The number of nitrogens with one attached hydrogen (secondary N) is 1. The summed E-state index contributed by atoms with van der Waals surface area (Å²) in [5, 5.41) is 4.12. The number of halogens is 1. The van der Waals surface area contributed by atoms with Gasteiger partial charge >= 0.3 is 6.09 Å². The van der Waals surface area contributed by atoms with Gasteiger partial charge in [0.25, 0.3) is 0 Å². The predicted molar refractivity (Wildman–Crippen MR) is 42.4 cm³/mol. The summed E-state index contributed by atoms with van der Waals surface area (Å²) in [6.45, 7) is 2.09. The minimum atomic E-state index is -0.528. The molecule has 5 heteroatoms. The number of nitrogens with zero attached hydrogens (tertiary/aromatic N) is 1. The molecule has 0 aliphatic heterocycles. The van der Waals surface area contributed by atoms with E-state index in [2.05, 4.69) is 31.2 Å². The monoisotopic (exact) mass is 208 g/mol. The molecule has 1 amide bonds. The van der Waals surface area contributed by atoms with E-state index < -0.39 is 6.09 Å². The van der Waals surface area contributed by atoms with E-state index in [1.54, 1.807) is 6.92 Å². The summed E-state index contributed by atoms with van der Waals surface area (Å²) in [5.74, 6) is 0. The van der Waals surface area contributed by atoms with E-state index in [-0.39, 0.29) is 0 Å². The minimum absolute atomic E-state index is 0.357. The number of hydrogen-bond acceptors (Lipinski definition) is 3. The molecule has 0 radical (unpaired) electrons. The molecule has 0 aliphatic carbocycles. The number of ether oxygens (including phenoxy) is 1. The number of amides is 1. The van der Waals surface area contributed by atoms with Crippen LogP contribution < -0.4 is 5.43 Å². The third-order valence-electron chi connectivity index (χ3n) is 0.592. The SMILES string of the molecule is CCOC(=O)N/N=C/CBr. The first-order chi connectivity index (χ1) is 4.81. The van der Waals surface area contributed by atoms with E-state index >= 15 is 0 Å². The van der Waals surface area contributed by atoms with Crippen molar-refractivity contribution in [1.82, 2.24) is 5.43 Å². The van der Waals surface area contributed by atoms with Gasteiger partial charge in [0.2, 0.25) is 0 Å². The lowest BCUT2D eigenvalue weighted by Gasteiger charge is -1.97. The van der Waals surface area contributed by atoms with Crippen LogP contribution in [-0.4, -0.2) is 24.2 Å². The fraction of sp³-hybridized carbons (Fsp3) is 0.600. The van der Waals surface area contributed by atoms with Crippen molar-refractivity contribution in [3.05, 3.63) is 0 Å². The minimum Gasteiger partial charge on any atom is -0.449 e. The van der Waals surface area contributed by atoms with Crippen LogP contribution in [0.3, 0.4) is 0 Å². The maximum atomic E-state index is 10.5. The van der Waals surface area contributed by atoms with Gasteiger partial charge in [-0.1, -0.05) is 15.9 Å². The molecule has 4 nitrogen and oxygen atoms in total. The summed E-state index contributed by atoms with van der Waals surface area (Å²) in [4.78, 5) is 10.5. The fourth-order valence-corrected chi connectivity index (χ4v) is 0.441. The van der Waals surface area contributed by atoms with Crippen molar-refractivity contribution in [3.63, 3.8) is 0 Å². The molecule has 0 spiro atoms. The Bertz CT molecular complexity index is 127. The van der Waals surface area contributed by atoms with Crippen LogP contribution >= 0.6 is 15.9 Å². The van der Waals surface area contributed by atoms with Gasteiger partial charge in [-0.25, -0.2) is 10.2 Å². The molecule has 10 heavy (non-hydrogen) atoms. The molecule has 58 valence electrons. The van der Waals surface area contributed by atoms with Gasteiger partial charge in [0.1, 0.15) is 0 Å². The average Bonchev–Trinajstić information content (AvgIpc) is 1.89. The number of carbonyl (C=O) groups is 1. The van der Waals surface area contributed by atoms with E-state index in [9.17, 15) is 4.79 Å². The van der Waals surface area contributed by atoms with Gasteiger partial charge in [-0.3, -0.25) is 0 Å². The number of carbonyl (C=O) groups excluding carboxylic acids is 1. The Labute approximate surface area is 67.8 Å². The Morgan fingerprint density at radius 2 is 2.60 bits per heavy atom. The Kier molecular flexibility index (Phi) is 6.16. The Morgan fingerprint density at radius 3 is 3.10 bits per heavy atom. The standard InChI is InChI=1S/C5H9BrN2O2/c1-2-10-5(9)8-7-4-3-6/h4H,2-3H2,1H3,(H,8,9)/b7-4+. The van der Waals surface area contributed by atoms with Crippen molar-refractivity contribution in [3.8, 4) is 0 Å². The first-order valence-corrected chi connectivity index (χ1v) is 3.93. The van der Waals surface area contributed by atoms with E-state index in [1.165, 1.54) is 6.21 Å². The van der Waals surface area contributed by atoms with Gasteiger partial charge in [-0.15, -0.1) is 0 Å². The number of rotatable bonds is 3. The van der Waals surface area contributed by atoms with Gasteiger partial charge in [0.15, 0.2) is 0 Å². The molecule has 0 saturated heterocycles. The number of hydrazone groups is 1. The molecule has 0 aliphatic rings. The van der Waals surface area contributed by atoms with Crippen molar-refractivity contribution < 1.29 is 9.53 Å². The van der Waals surface area contributed by atoms with Crippen molar-refractivity contribution >= 4 is 28.2 Å². The van der Waals surface area contributed by atoms with Crippen molar-refractivity contribution in [2.45, 2.75) is 6.92 Å². The molecule has 0 bridgehead atoms. The molecule has 0 heterocycles. The van der Waals surface area contributed by atoms with Crippen LogP contribution in [0.5, 0.6) is 0 Å². The van der Waals surface area contributed by atoms with Crippen LogP contribution in [0.4, 0.5) is 4.79 Å². The first kappa shape index (κ1) is 9.42. The van der Waals surface area contributed by atoms with Gasteiger partial charge in [0, 0.05) is 11.5 Å². The normalized spacial score (nSPS) is 9.80. The Morgan fingerprint density at radius 1 is 1.90 bits per heavy atom. The third-order valence-corrected chi connectivity index (χ3v) is 0.881. The van der Waals surface area contributed by atoms with Crippen molar-refractivity contribution in [1.29, 1.82) is 0 Å². The predicted octanol–water partition coefficient (Wildman–Crippen LogP) is 1.11. The topological polar surface area (TPSA) is 50.7 Å². The van der Waals surface area contributed by atoms with E-state index in [0.29, 0.717) is 11.9 Å². The highest BCUT2D eigenvalue weighted by Gasteiger charge is 1.93. The second kappa shape index (κ2) is 6.54. The molecule has 0 aromatic rings. The van der Waals surface area contributed by atoms with Crippen LogP contribution in [0.15, 0.2) is 5.10 Å². The summed E-state index contributed by atoms with van der Waals surface area (Å²) in [6.07, 6.45) is 0.983. The quantitative estimate of drug-likeness (QED) is 0.430. The molecule has 0 saturated carbocycles. The molecular formula is C5H9BrN2O2. The van der Waals surface area contributed by atoms with E-state index in [1.807, 2.05) is 0 Å². The summed E-state index contributed by atoms with van der Waals surface area (Å²) < 4.78 is 4.51. The lowest BCUT2D eigenvalue weighted by molar-refractivity contribution is 0.152. The highest BCUT2D eigenvalue weighted by molar-refractivity contribution is 9.09. The Balaban J connectivity index is 3.30. The van der Waals surface area contributed by atoms with Gasteiger partial charge in [0.05, 0.1) is 6.61 Å². The largest absolute Gasteiger partial charge is 0.449 e. The zero-order valence-corrected chi connectivity index (χ0v) is 7.22. The smallest absolute Gasteiger partial charge is 0.427 e. The summed E-state index contributed by atoms with van der Waals surface area (Å²) in [7, 11) is 0. The zero-order chi connectivity index (χ0) is 7.82. The van der Waals surface area contributed by atoms with Gasteiger partial charge in [-0.2, -0.15) is 5.10 Å².